The van der Waals surface area contributed by atoms with Gasteiger partial charge in [-0.05, 0) is 44.2 Å². The molecule has 1 aromatic heterocycles. The Labute approximate surface area is 188 Å². The number of anilines is 1. The van der Waals surface area contributed by atoms with Crippen molar-refractivity contribution >= 4 is 35.0 Å². The summed E-state index contributed by atoms with van der Waals surface area (Å²) < 4.78 is 26.2. The van der Waals surface area contributed by atoms with Gasteiger partial charge in [0.2, 0.25) is 5.91 Å². The van der Waals surface area contributed by atoms with E-state index in [9.17, 15) is 9.18 Å². The molecule has 0 atom stereocenters. The number of aromatic nitrogens is 3. The molecule has 0 radical (unpaired) electrons. The first-order valence-electron chi connectivity index (χ1n) is 9.66. The van der Waals surface area contributed by atoms with E-state index in [0.29, 0.717) is 41.3 Å². The maximum Gasteiger partial charge on any atom is 0.234 e. The summed E-state index contributed by atoms with van der Waals surface area (Å²) in [6.45, 7) is 5.05. The fourth-order valence-corrected chi connectivity index (χ4v) is 3.80. The fraction of sp³-hybridized carbons (Fsp3) is 0.286. The summed E-state index contributed by atoms with van der Waals surface area (Å²) in [7, 11) is 0. The molecule has 1 amide bonds. The standard InChI is InChI=1S/C21H22ClFN4O3S/c1-3-27-19(12-30-17-10-9-14(23)11-15(17)22)25-26-21(27)31-13-20(28)24-16-7-5-6-8-18(16)29-4-2/h5-11H,3-4,12-13H2,1-2H3,(H,24,28). The Morgan fingerprint density at radius 1 is 1.16 bits per heavy atom. The minimum atomic E-state index is -0.435. The molecular weight excluding hydrogens is 443 g/mol. The quantitative estimate of drug-likeness (QED) is 0.434. The first-order valence-corrected chi connectivity index (χ1v) is 11.0. The van der Waals surface area contributed by atoms with Gasteiger partial charge in [-0.15, -0.1) is 10.2 Å². The highest BCUT2D eigenvalue weighted by atomic mass is 35.5. The van der Waals surface area contributed by atoms with E-state index >= 15 is 0 Å². The monoisotopic (exact) mass is 464 g/mol. The van der Waals surface area contributed by atoms with Gasteiger partial charge in [-0.25, -0.2) is 4.39 Å². The number of nitrogens with one attached hydrogen (secondary N) is 1. The van der Waals surface area contributed by atoms with Crippen molar-refractivity contribution in [2.75, 3.05) is 17.7 Å². The van der Waals surface area contributed by atoms with Crippen molar-refractivity contribution in [2.24, 2.45) is 0 Å². The number of thioether (sulfide) groups is 1. The summed E-state index contributed by atoms with van der Waals surface area (Å²) in [5, 5.41) is 11.9. The van der Waals surface area contributed by atoms with Crippen molar-refractivity contribution in [3.05, 3.63) is 59.1 Å². The molecule has 164 valence electrons. The van der Waals surface area contributed by atoms with Crippen LogP contribution in [0.25, 0.3) is 0 Å². The summed E-state index contributed by atoms with van der Waals surface area (Å²) in [5.74, 6) is 1.10. The van der Waals surface area contributed by atoms with E-state index in [1.54, 1.807) is 12.1 Å². The predicted molar refractivity (Wildman–Crippen MR) is 118 cm³/mol. The molecule has 2 aromatic carbocycles. The molecule has 0 unspecified atom stereocenters. The molecule has 31 heavy (non-hydrogen) atoms. The number of hydrogen-bond acceptors (Lipinski definition) is 6. The van der Waals surface area contributed by atoms with Crippen LogP contribution in [0.15, 0.2) is 47.6 Å². The number of hydrogen-bond donors (Lipinski definition) is 1. The van der Waals surface area contributed by atoms with Crippen molar-refractivity contribution < 1.29 is 18.7 Å². The van der Waals surface area contributed by atoms with Crippen LogP contribution in [0, 0.1) is 5.82 Å². The number of amides is 1. The largest absolute Gasteiger partial charge is 0.492 e. The lowest BCUT2D eigenvalue weighted by Gasteiger charge is -2.11. The Hall–Kier alpha value is -2.78. The summed E-state index contributed by atoms with van der Waals surface area (Å²) in [6.07, 6.45) is 0. The normalized spacial score (nSPS) is 10.7. The maximum atomic E-state index is 13.2. The zero-order valence-electron chi connectivity index (χ0n) is 17.1. The van der Waals surface area contributed by atoms with Gasteiger partial charge >= 0.3 is 0 Å². The number of nitrogens with zero attached hydrogens (tertiary/aromatic N) is 3. The van der Waals surface area contributed by atoms with Crippen LogP contribution in [-0.4, -0.2) is 33.0 Å². The molecule has 0 spiro atoms. The third kappa shape index (κ3) is 6.11. The van der Waals surface area contributed by atoms with Crippen molar-refractivity contribution in [1.29, 1.82) is 0 Å². The molecule has 7 nitrogen and oxygen atoms in total. The second-order valence-electron chi connectivity index (χ2n) is 6.27. The number of rotatable bonds is 10. The van der Waals surface area contributed by atoms with Gasteiger partial charge in [0.25, 0.3) is 0 Å². The molecule has 0 bridgehead atoms. The Morgan fingerprint density at radius 3 is 2.71 bits per heavy atom. The molecule has 0 saturated heterocycles. The Balaban J connectivity index is 1.60. The van der Waals surface area contributed by atoms with Gasteiger partial charge in [0.15, 0.2) is 11.0 Å². The van der Waals surface area contributed by atoms with E-state index in [1.165, 1.54) is 30.0 Å². The summed E-state index contributed by atoms with van der Waals surface area (Å²) in [5.41, 5.74) is 0.622. The highest BCUT2D eigenvalue weighted by Crippen LogP contribution is 2.27. The molecule has 0 aliphatic rings. The van der Waals surface area contributed by atoms with Crippen LogP contribution in [0.3, 0.4) is 0 Å². The minimum Gasteiger partial charge on any atom is -0.492 e. The van der Waals surface area contributed by atoms with Gasteiger partial charge in [-0.1, -0.05) is 35.5 Å². The van der Waals surface area contributed by atoms with Crippen LogP contribution >= 0.6 is 23.4 Å². The lowest BCUT2D eigenvalue weighted by Crippen LogP contribution is -2.15. The average molecular weight is 465 g/mol. The number of benzene rings is 2. The van der Waals surface area contributed by atoms with Crippen LogP contribution in [-0.2, 0) is 17.9 Å². The molecule has 0 aliphatic carbocycles. The first-order chi connectivity index (χ1) is 15.0. The van der Waals surface area contributed by atoms with Crippen molar-refractivity contribution in [3.8, 4) is 11.5 Å². The molecular formula is C21H22ClFN4O3S. The van der Waals surface area contributed by atoms with Gasteiger partial charge in [-0.3, -0.25) is 4.79 Å². The van der Waals surface area contributed by atoms with Crippen LogP contribution in [0.2, 0.25) is 5.02 Å². The van der Waals surface area contributed by atoms with Crippen molar-refractivity contribution in [2.45, 2.75) is 32.2 Å². The molecule has 0 fully saturated rings. The van der Waals surface area contributed by atoms with Crippen molar-refractivity contribution in [1.82, 2.24) is 14.8 Å². The molecule has 0 saturated carbocycles. The predicted octanol–water partition coefficient (Wildman–Crippen LogP) is 4.80. The maximum absolute atomic E-state index is 13.2. The fourth-order valence-electron chi connectivity index (χ4n) is 2.75. The number of carbonyl (C=O) groups is 1. The van der Waals surface area contributed by atoms with Gasteiger partial charge < -0.3 is 19.4 Å². The Morgan fingerprint density at radius 2 is 1.97 bits per heavy atom. The van der Waals surface area contributed by atoms with Gasteiger partial charge in [-0.2, -0.15) is 0 Å². The van der Waals surface area contributed by atoms with E-state index in [0.717, 1.165) is 0 Å². The summed E-state index contributed by atoms with van der Waals surface area (Å²) in [4.78, 5) is 12.4. The average Bonchev–Trinajstić information content (AvgIpc) is 3.15. The van der Waals surface area contributed by atoms with Gasteiger partial charge in [0.1, 0.15) is 23.9 Å². The van der Waals surface area contributed by atoms with E-state index in [4.69, 9.17) is 21.1 Å². The molecule has 3 rings (SSSR count). The lowest BCUT2D eigenvalue weighted by molar-refractivity contribution is -0.113. The highest BCUT2D eigenvalue weighted by molar-refractivity contribution is 7.99. The minimum absolute atomic E-state index is 0.112. The van der Waals surface area contributed by atoms with E-state index < -0.39 is 5.82 Å². The van der Waals surface area contributed by atoms with E-state index in [1.807, 2.05) is 30.5 Å². The SMILES string of the molecule is CCOc1ccccc1NC(=O)CSc1nnc(COc2ccc(F)cc2Cl)n1CC. The number of halogens is 2. The van der Waals surface area contributed by atoms with Crippen LogP contribution < -0.4 is 14.8 Å². The number of para-hydroxylation sites is 2. The van der Waals surface area contributed by atoms with Crippen molar-refractivity contribution in [3.63, 3.8) is 0 Å². The van der Waals surface area contributed by atoms with Crippen LogP contribution in [0.1, 0.15) is 19.7 Å². The lowest BCUT2D eigenvalue weighted by atomic mass is 10.3. The Bertz CT molecular complexity index is 1050. The molecule has 1 heterocycles. The number of ether oxygens (including phenoxy) is 2. The van der Waals surface area contributed by atoms with Gasteiger partial charge in [0.05, 0.1) is 23.1 Å². The molecule has 10 heteroatoms. The van der Waals surface area contributed by atoms with E-state index in [2.05, 4.69) is 15.5 Å². The molecule has 3 aromatic rings. The van der Waals surface area contributed by atoms with Crippen LogP contribution in [0.5, 0.6) is 11.5 Å². The third-order valence-corrected chi connectivity index (χ3v) is 5.42. The first kappa shape index (κ1) is 22.9. The summed E-state index contributed by atoms with van der Waals surface area (Å²) >= 11 is 7.26. The zero-order valence-corrected chi connectivity index (χ0v) is 18.7. The molecule has 1 N–H and O–H groups in total. The second kappa shape index (κ2) is 11.0. The summed E-state index contributed by atoms with van der Waals surface area (Å²) in [6, 6.07) is 11.2. The highest BCUT2D eigenvalue weighted by Gasteiger charge is 2.15. The van der Waals surface area contributed by atoms with E-state index in [-0.39, 0.29) is 23.3 Å². The zero-order chi connectivity index (χ0) is 22.2. The van der Waals surface area contributed by atoms with Gasteiger partial charge in [0, 0.05) is 6.54 Å². The van der Waals surface area contributed by atoms with Crippen LogP contribution in [0.4, 0.5) is 10.1 Å². The topological polar surface area (TPSA) is 78.3 Å². The smallest absolute Gasteiger partial charge is 0.234 e. The Kier molecular flexibility index (Phi) is 8.13. The molecule has 0 aliphatic heterocycles. The number of carbonyl (C=O) groups excluding carboxylic acids is 1. The second-order valence-corrected chi connectivity index (χ2v) is 7.62. The third-order valence-electron chi connectivity index (χ3n) is 4.15.